The molecule has 0 N–H and O–H groups in total. The molecule has 2 aliphatic heterocycles. The number of hydrogen-bond donors (Lipinski definition) is 0. The second kappa shape index (κ2) is 5.30. The first-order valence-electron chi connectivity index (χ1n) is 7.50. The Bertz CT molecular complexity index is 561. The molecule has 7 heteroatoms. The molecule has 0 radical (unpaired) electrons. The number of aromatic nitrogens is 1. The summed E-state index contributed by atoms with van der Waals surface area (Å²) in [6, 6.07) is 1.81. The first-order valence-corrected chi connectivity index (χ1v) is 7.50. The minimum absolute atomic E-state index is 0.128. The Morgan fingerprint density at radius 3 is 2.68 bits per heavy atom. The van der Waals surface area contributed by atoms with E-state index < -0.39 is 11.7 Å². The predicted molar refractivity (Wildman–Crippen MR) is 77.2 cm³/mol. The van der Waals surface area contributed by atoms with Gasteiger partial charge in [0.25, 0.3) is 0 Å². The van der Waals surface area contributed by atoms with Crippen molar-refractivity contribution in [3.05, 3.63) is 17.8 Å². The summed E-state index contributed by atoms with van der Waals surface area (Å²) < 4.78 is 44.0. The van der Waals surface area contributed by atoms with Crippen molar-refractivity contribution in [2.75, 3.05) is 24.6 Å². The molecule has 22 heavy (non-hydrogen) atoms. The van der Waals surface area contributed by atoms with Gasteiger partial charge in [0, 0.05) is 31.4 Å². The Balaban J connectivity index is 1.91. The van der Waals surface area contributed by atoms with E-state index in [9.17, 15) is 13.2 Å². The van der Waals surface area contributed by atoms with Crippen molar-refractivity contribution >= 4 is 5.82 Å². The third-order valence-corrected chi connectivity index (χ3v) is 4.38. The summed E-state index contributed by atoms with van der Waals surface area (Å²) in [5.41, 5.74) is -0.766. The largest absolute Gasteiger partial charge is 0.487 e. The predicted octanol–water partition coefficient (Wildman–Crippen LogP) is 2.78. The molecule has 0 bridgehead atoms. The first-order chi connectivity index (χ1) is 10.3. The number of alkyl halides is 3. The number of ether oxygens (including phenoxy) is 1. The fourth-order valence-electron chi connectivity index (χ4n) is 3.24. The molecule has 2 aliphatic rings. The van der Waals surface area contributed by atoms with Gasteiger partial charge in [-0.3, -0.25) is 4.90 Å². The third kappa shape index (κ3) is 2.62. The molecule has 122 valence electrons. The van der Waals surface area contributed by atoms with E-state index >= 15 is 0 Å². The van der Waals surface area contributed by atoms with Crippen molar-refractivity contribution in [3.63, 3.8) is 0 Å². The summed E-state index contributed by atoms with van der Waals surface area (Å²) in [4.78, 5) is 8.53. The summed E-state index contributed by atoms with van der Waals surface area (Å²) in [7, 11) is 0. The number of piperazine rings is 1. The number of halogens is 3. The van der Waals surface area contributed by atoms with E-state index in [1.165, 1.54) is 0 Å². The van der Waals surface area contributed by atoms with Crippen molar-refractivity contribution in [3.8, 4) is 5.75 Å². The van der Waals surface area contributed by atoms with Crippen molar-refractivity contribution in [2.24, 2.45) is 0 Å². The van der Waals surface area contributed by atoms with Crippen LogP contribution in [0.2, 0.25) is 0 Å². The Kier molecular flexibility index (Phi) is 3.71. The monoisotopic (exact) mass is 315 g/mol. The molecule has 2 atom stereocenters. The highest BCUT2D eigenvalue weighted by Gasteiger charge is 2.40. The second-order valence-electron chi connectivity index (χ2n) is 6.31. The van der Waals surface area contributed by atoms with Crippen LogP contribution in [0.4, 0.5) is 19.0 Å². The normalized spacial score (nSPS) is 25.7. The average molecular weight is 315 g/mol. The number of pyridine rings is 1. The summed E-state index contributed by atoms with van der Waals surface area (Å²) in [6.07, 6.45) is -3.50. The van der Waals surface area contributed by atoms with Gasteiger partial charge >= 0.3 is 6.18 Å². The van der Waals surface area contributed by atoms with Gasteiger partial charge in [-0.05, 0) is 26.8 Å². The van der Waals surface area contributed by atoms with Crippen LogP contribution >= 0.6 is 0 Å². The number of rotatable bonds is 1. The van der Waals surface area contributed by atoms with Crippen molar-refractivity contribution < 1.29 is 17.9 Å². The molecular formula is C15H20F3N3O. The van der Waals surface area contributed by atoms with Crippen LogP contribution in [0.25, 0.3) is 0 Å². The standard InChI is InChI=1S/C15H20F3N3O/c1-9(2)20-6-10(3)21-12(7-20)8-22-13-4-11(15(16,17)18)5-19-14(13)21/h4-5,9-10,12H,6-8H2,1-3H3/t10-,12+/m1/s1. The fraction of sp³-hybridized carbons (Fsp3) is 0.667. The molecule has 0 aromatic carbocycles. The van der Waals surface area contributed by atoms with Crippen LogP contribution in [0.3, 0.4) is 0 Å². The third-order valence-electron chi connectivity index (χ3n) is 4.38. The molecule has 0 unspecified atom stereocenters. The molecule has 1 aromatic rings. The van der Waals surface area contributed by atoms with E-state index in [1.54, 1.807) is 0 Å². The van der Waals surface area contributed by atoms with Gasteiger partial charge in [0.1, 0.15) is 6.61 Å². The minimum Gasteiger partial charge on any atom is -0.487 e. The maximum absolute atomic E-state index is 12.8. The minimum atomic E-state index is -4.40. The lowest BCUT2D eigenvalue weighted by Gasteiger charge is -2.49. The maximum atomic E-state index is 12.8. The van der Waals surface area contributed by atoms with Gasteiger partial charge in [0.15, 0.2) is 11.6 Å². The van der Waals surface area contributed by atoms with Crippen LogP contribution in [0.15, 0.2) is 12.3 Å². The smallest absolute Gasteiger partial charge is 0.418 e. The van der Waals surface area contributed by atoms with Gasteiger partial charge in [0.05, 0.1) is 11.6 Å². The van der Waals surface area contributed by atoms with Crippen molar-refractivity contribution in [2.45, 2.75) is 45.1 Å². The molecule has 0 spiro atoms. The second-order valence-corrected chi connectivity index (χ2v) is 6.31. The van der Waals surface area contributed by atoms with Gasteiger partial charge in [0.2, 0.25) is 0 Å². The van der Waals surface area contributed by atoms with Crippen LogP contribution in [0, 0.1) is 0 Å². The van der Waals surface area contributed by atoms with Gasteiger partial charge in [-0.15, -0.1) is 0 Å². The lowest BCUT2D eigenvalue weighted by Crippen LogP contribution is -2.62. The Morgan fingerprint density at radius 2 is 2.05 bits per heavy atom. The molecule has 3 heterocycles. The SMILES string of the molecule is CC(C)N1C[C@H]2COc3cc(C(F)(F)F)cnc3N2[C@H](C)C1. The Hall–Kier alpha value is -1.50. The number of hydrogen-bond acceptors (Lipinski definition) is 4. The number of fused-ring (bicyclic) bond motifs is 3. The fourth-order valence-corrected chi connectivity index (χ4v) is 3.24. The lowest BCUT2D eigenvalue weighted by molar-refractivity contribution is -0.138. The van der Waals surface area contributed by atoms with Gasteiger partial charge in [-0.25, -0.2) is 4.98 Å². The number of nitrogens with zero attached hydrogens (tertiary/aromatic N) is 3. The zero-order chi connectivity index (χ0) is 16.1. The molecule has 4 nitrogen and oxygen atoms in total. The maximum Gasteiger partial charge on any atom is 0.418 e. The summed E-state index contributed by atoms with van der Waals surface area (Å²) >= 11 is 0. The molecule has 1 saturated heterocycles. The van der Waals surface area contributed by atoms with Gasteiger partial charge in [-0.2, -0.15) is 13.2 Å². The van der Waals surface area contributed by atoms with Crippen molar-refractivity contribution in [1.82, 2.24) is 9.88 Å². The first kappa shape index (κ1) is 15.4. The van der Waals surface area contributed by atoms with Gasteiger partial charge in [-0.1, -0.05) is 0 Å². The van der Waals surface area contributed by atoms with Crippen molar-refractivity contribution in [1.29, 1.82) is 0 Å². The van der Waals surface area contributed by atoms with Gasteiger partial charge < -0.3 is 9.64 Å². The van der Waals surface area contributed by atoms with E-state index in [0.717, 1.165) is 25.4 Å². The van der Waals surface area contributed by atoms with Crippen LogP contribution < -0.4 is 9.64 Å². The molecule has 0 saturated carbocycles. The topological polar surface area (TPSA) is 28.6 Å². The van der Waals surface area contributed by atoms with E-state index in [0.29, 0.717) is 18.5 Å². The van der Waals surface area contributed by atoms with E-state index in [2.05, 4.69) is 35.6 Å². The molecule has 0 aliphatic carbocycles. The zero-order valence-electron chi connectivity index (χ0n) is 12.9. The molecule has 1 aromatic heterocycles. The summed E-state index contributed by atoms with van der Waals surface area (Å²) in [5, 5.41) is 0. The molecular weight excluding hydrogens is 295 g/mol. The molecule has 3 rings (SSSR count). The lowest BCUT2D eigenvalue weighted by atomic mass is 10.0. The molecule has 0 amide bonds. The average Bonchev–Trinajstić information content (AvgIpc) is 2.44. The summed E-state index contributed by atoms with van der Waals surface area (Å²) in [6.45, 7) is 8.47. The molecule has 1 fully saturated rings. The van der Waals surface area contributed by atoms with E-state index in [-0.39, 0.29) is 17.8 Å². The van der Waals surface area contributed by atoms with E-state index in [1.807, 2.05) is 0 Å². The number of anilines is 1. The van der Waals surface area contributed by atoms with Crippen LogP contribution in [-0.4, -0.2) is 47.7 Å². The highest BCUT2D eigenvalue weighted by molar-refractivity contribution is 5.57. The van der Waals surface area contributed by atoms with Crippen LogP contribution in [0.1, 0.15) is 26.3 Å². The zero-order valence-corrected chi connectivity index (χ0v) is 12.9. The Labute approximate surface area is 127 Å². The highest BCUT2D eigenvalue weighted by Crippen LogP contribution is 2.39. The van der Waals surface area contributed by atoms with Crippen LogP contribution in [-0.2, 0) is 6.18 Å². The highest BCUT2D eigenvalue weighted by atomic mass is 19.4. The summed E-state index contributed by atoms with van der Waals surface area (Å²) in [5.74, 6) is 0.760. The Morgan fingerprint density at radius 1 is 1.32 bits per heavy atom. The van der Waals surface area contributed by atoms with Crippen LogP contribution in [0.5, 0.6) is 5.75 Å². The quantitative estimate of drug-likeness (QED) is 0.797. The van der Waals surface area contributed by atoms with E-state index in [4.69, 9.17) is 4.74 Å².